The summed E-state index contributed by atoms with van der Waals surface area (Å²) < 4.78 is 11.3. The van der Waals surface area contributed by atoms with E-state index in [4.69, 9.17) is 4.42 Å². The van der Waals surface area contributed by atoms with Gasteiger partial charge in [-0.15, -0.1) is 0 Å². The standard InChI is InChI=1S/C50H32N2O/c1-3-15-33(16-4-1)51-29-30-52(34-17-5-2-6-18-34)47-32-45-37-21-9-10-23-39(37)49-40(35-19-7-8-20-36(35)44(45)31-46(47)51)24-13-25-41(49)43-27-14-26-42-38-22-11-12-28-48(38)53-50(42)43/h1-32H. The normalized spacial score (nSPS) is 11.8. The van der Waals surface area contributed by atoms with Gasteiger partial charge in [0.2, 0.25) is 0 Å². The van der Waals surface area contributed by atoms with Gasteiger partial charge < -0.3 is 13.6 Å². The predicted octanol–water partition coefficient (Wildman–Crippen LogP) is 13.7. The van der Waals surface area contributed by atoms with Gasteiger partial charge in [0.1, 0.15) is 11.2 Å². The van der Waals surface area contributed by atoms with Gasteiger partial charge in [-0.05, 0) is 91.1 Å². The van der Waals surface area contributed by atoms with Crippen molar-refractivity contribution in [2.75, 3.05) is 0 Å². The van der Waals surface area contributed by atoms with Crippen molar-refractivity contribution in [1.29, 1.82) is 0 Å². The average Bonchev–Trinajstić information content (AvgIpc) is 3.62. The van der Waals surface area contributed by atoms with Crippen LogP contribution in [0.1, 0.15) is 0 Å². The van der Waals surface area contributed by atoms with Gasteiger partial charge in [-0.25, -0.2) is 0 Å². The maximum atomic E-state index is 6.64. The molecular weight excluding hydrogens is 645 g/mol. The lowest BCUT2D eigenvalue weighted by atomic mass is 9.89. The third-order valence-electron chi connectivity index (χ3n) is 10.8. The lowest BCUT2D eigenvalue weighted by Crippen LogP contribution is -2.04. The lowest BCUT2D eigenvalue weighted by molar-refractivity contribution is 0.670. The van der Waals surface area contributed by atoms with E-state index >= 15 is 0 Å². The Bertz CT molecular complexity index is 3270. The minimum Gasteiger partial charge on any atom is -0.455 e. The third-order valence-corrected chi connectivity index (χ3v) is 10.8. The fourth-order valence-electron chi connectivity index (χ4n) is 8.47. The van der Waals surface area contributed by atoms with Crippen LogP contribution >= 0.6 is 0 Å². The summed E-state index contributed by atoms with van der Waals surface area (Å²) in [6, 6.07) is 65.5. The number of nitrogens with zero attached hydrogens (tertiary/aromatic N) is 2. The van der Waals surface area contributed by atoms with Crippen molar-refractivity contribution >= 4 is 76.1 Å². The van der Waals surface area contributed by atoms with E-state index in [9.17, 15) is 0 Å². The Kier molecular flexibility index (Phi) is 6.55. The number of furan rings is 1. The molecule has 0 saturated carbocycles. The van der Waals surface area contributed by atoms with Crippen molar-refractivity contribution in [2.45, 2.75) is 0 Å². The second-order valence-corrected chi connectivity index (χ2v) is 13.7. The first-order valence-electron chi connectivity index (χ1n) is 18.1. The molecule has 0 aliphatic heterocycles. The fraction of sp³-hybridized carbons (Fsp3) is 0. The Morgan fingerprint density at radius 1 is 0.321 bits per heavy atom. The first kappa shape index (κ1) is 29.6. The van der Waals surface area contributed by atoms with Crippen LogP contribution in [0.15, 0.2) is 199 Å². The maximum absolute atomic E-state index is 6.64. The van der Waals surface area contributed by atoms with Crippen molar-refractivity contribution in [3.05, 3.63) is 194 Å². The van der Waals surface area contributed by atoms with Crippen LogP contribution in [0.25, 0.3) is 98.6 Å². The molecule has 11 rings (SSSR count). The quantitative estimate of drug-likeness (QED) is 0.183. The molecule has 0 aliphatic rings. The SMILES string of the molecule is c1ccc(-n2ccn(-c3ccccc3)c3cc4c(cc32)c2ccccc2c2cccc(-c3cccc5c3oc3ccccc35)c2c2ccccc42)cc1. The van der Waals surface area contributed by atoms with Gasteiger partial charge in [-0.3, -0.25) is 0 Å². The zero-order valence-electron chi connectivity index (χ0n) is 28.8. The minimum absolute atomic E-state index is 0.903. The van der Waals surface area contributed by atoms with E-state index in [0.29, 0.717) is 0 Å². The Morgan fingerprint density at radius 3 is 1.36 bits per heavy atom. The molecule has 0 amide bonds. The van der Waals surface area contributed by atoms with Crippen LogP contribution in [0.4, 0.5) is 0 Å². The van der Waals surface area contributed by atoms with Crippen LogP contribution in [0, 0.1) is 0 Å². The summed E-state index contributed by atoms with van der Waals surface area (Å²) >= 11 is 0. The molecule has 9 aromatic carbocycles. The highest BCUT2D eigenvalue weighted by Crippen LogP contribution is 2.43. The van der Waals surface area contributed by atoms with Crippen molar-refractivity contribution in [3.8, 4) is 22.5 Å². The molecule has 2 aromatic heterocycles. The molecule has 3 nitrogen and oxygen atoms in total. The Labute approximate surface area is 305 Å². The van der Waals surface area contributed by atoms with Crippen molar-refractivity contribution in [2.24, 2.45) is 0 Å². The van der Waals surface area contributed by atoms with Gasteiger partial charge in [0.25, 0.3) is 0 Å². The summed E-state index contributed by atoms with van der Waals surface area (Å²) in [6.07, 6.45) is 4.36. The first-order chi connectivity index (χ1) is 26.3. The number of hydrogen-bond acceptors (Lipinski definition) is 1. The minimum atomic E-state index is 0.903. The summed E-state index contributed by atoms with van der Waals surface area (Å²) in [4.78, 5) is 0. The number of fused-ring (bicyclic) bond motifs is 12. The molecule has 0 unspecified atom stereocenters. The summed E-state index contributed by atoms with van der Waals surface area (Å²) in [5, 5.41) is 11.9. The molecule has 0 fully saturated rings. The molecule has 2 heterocycles. The number of rotatable bonds is 3. The van der Waals surface area contributed by atoms with Gasteiger partial charge in [-0.2, -0.15) is 0 Å². The first-order valence-corrected chi connectivity index (χ1v) is 18.1. The van der Waals surface area contributed by atoms with Crippen LogP contribution in [0.2, 0.25) is 0 Å². The highest BCUT2D eigenvalue weighted by atomic mass is 16.3. The molecular formula is C50H32N2O. The van der Waals surface area contributed by atoms with Crippen LogP contribution in [0.5, 0.6) is 0 Å². The number of aromatic nitrogens is 2. The zero-order chi connectivity index (χ0) is 34.9. The molecule has 0 aliphatic carbocycles. The average molecular weight is 677 g/mol. The molecule has 53 heavy (non-hydrogen) atoms. The van der Waals surface area contributed by atoms with E-state index in [0.717, 1.165) is 55.5 Å². The van der Waals surface area contributed by atoms with E-state index in [-0.39, 0.29) is 0 Å². The Morgan fingerprint density at radius 2 is 0.755 bits per heavy atom. The molecule has 0 bridgehead atoms. The van der Waals surface area contributed by atoms with Gasteiger partial charge >= 0.3 is 0 Å². The van der Waals surface area contributed by atoms with E-state index < -0.39 is 0 Å². The highest BCUT2D eigenvalue weighted by Gasteiger charge is 2.18. The summed E-state index contributed by atoms with van der Waals surface area (Å²) in [7, 11) is 0. The molecule has 0 N–H and O–H groups in total. The molecule has 0 saturated heterocycles. The summed E-state index contributed by atoms with van der Waals surface area (Å²) in [5.41, 5.74) is 8.54. The van der Waals surface area contributed by atoms with Crippen LogP contribution in [0.3, 0.4) is 0 Å². The Hall–Kier alpha value is -7.10. The Balaban J connectivity index is 1.36. The molecule has 0 radical (unpaired) electrons. The molecule has 0 atom stereocenters. The maximum Gasteiger partial charge on any atom is 0.143 e. The summed E-state index contributed by atoms with van der Waals surface area (Å²) in [5.74, 6) is 0. The number of benzene rings is 8. The smallest absolute Gasteiger partial charge is 0.143 e. The predicted molar refractivity (Wildman–Crippen MR) is 223 cm³/mol. The fourth-order valence-corrected chi connectivity index (χ4v) is 8.47. The molecule has 11 aromatic rings. The van der Waals surface area contributed by atoms with Crippen LogP contribution in [-0.4, -0.2) is 9.13 Å². The van der Waals surface area contributed by atoms with Gasteiger partial charge in [0.15, 0.2) is 0 Å². The highest BCUT2D eigenvalue weighted by molar-refractivity contribution is 6.30. The molecule has 248 valence electrons. The van der Waals surface area contributed by atoms with Gasteiger partial charge in [0, 0.05) is 40.1 Å². The van der Waals surface area contributed by atoms with E-state index in [1.165, 1.54) is 43.1 Å². The lowest BCUT2D eigenvalue weighted by Gasteiger charge is -2.19. The second kappa shape index (κ2) is 11.7. The van der Waals surface area contributed by atoms with E-state index in [2.05, 4.69) is 197 Å². The topological polar surface area (TPSA) is 23.0 Å². The summed E-state index contributed by atoms with van der Waals surface area (Å²) in [6.45, 7) is 0. The molecule has 0 spiro atoms. The second-order valence-electron chi connectivity index (χ2n) is 13.7. The van der Waals surface area contributed by atoms with E-state index in [1.807, 2.05) is 6.07 Å². The van der Waals surface area contributed by atoms with Gasteiger partial charge in [-0.1, -0.05) is 140 Å². The van der Waals surface area contributed by atoms with Crippen molar-refractivity contribution in [1.82, 2.24) is 9.13 Å². The van der Waals surface area contributed by atoms with Crippen molar-refractivity contribution in [3.63, 3.8) is 0 Å². The van der Waals surface area contributed by atoms with E-state index in [1.54, 1.807) is 0 Å². The molecule has 3 heteroatoms. The number of hydrogen-bond donors (Lipinski definition) is 0. The largest absolute Gasteiger partial charge is 0.455 e. The third kappa shape index (κ3) is 4.54. The van der Waals surface area contributed by atoms with Crippen LogP contribution in [-0.2, 0) is 0 Å². The monoisotopic (exact) mass is 676 g/mol. The number of para-hydroxylation sites is 4. The van der Waals surface area contributed by atoms with Crippen LogP contribution < -0.4 is 0 Å². The van der Waals surface area contributed by atoms with Crippen molar-refractivity contribution < 1.29 is 4.42 Å². The van der Waals surface area contributed by atoms with Gasteiger partial charge in [0.05, 0.1) is 11.0 Å². The zero-order valence-corrected chi connectivity index (χ0v) is 28.8.